The van der Waals surface area contributed by atoms with Crippen molar-refractivity contribution < 1.29 is 4.79 Å². The van der Waals surface area contributed by atoms with Gasteiger partial charge < -0.3 is 0 Å². The van der Waals surface area contributed by atoms with E-state index in [4.69, 9.17) is 0 Å². The predicted molar refractivity (Wildman–Crippen MR) is 56.9 cm³/mol. The van der Waals surface area contributed by atoms with Gasteiger partial charge in [-0.05, 0) is 31.9 Å². The zero-order chi connectivity index (χ0) is 10.7. The van der Waals surface area contributed by atoms with E-state index in [0.717, 1.165) is 23.3 Å². The summed E-state index contributed by atoms with van der Waals surface area (Å²) in [4.78, 5) is 11.1. The molecule has 1 rings (SSSR count). The van der Waals surface area contributed by atoms with Crippen LogP contribution in [0.5, 0.6) is 0 Å². The first-order chi connectivity index (χ1) is 6.54. The van der Waals surface area contributed by atoms with Gasteiger partial charge in [-0.3, -0.25) is 9.48 Å². The minimum Gasteiger partial charge on any atom is -0.295 e. The van der Waals surface area contributed by atoms with E-state index < -0.39 is 0 Å². The van der Waals surface area contributed by atoms with Gasteiger partial charge in [0.15, 0.2) is 5.78 Å². The van der Waals surface area contributed by atoms with E-state index in [1.54, 1.807) is 11.6 Å². The maximum atomic E-state index is 11.1. The van der Waals surface area contributed by atoms with Crippen molar-refractivity contribution in [2.24, 2.45) is 7.05 Å². The van der Waals surface area contributed by atoms with E-state index in [1.165, 1.54) is 0 Å². The Balaban J connectivity index is 3.06. The normalized spacial score (nSPS) is 11.9. The zero-order valence-corrected chi connectivity index (χ0v) is 9.16. The fourth-order valence-corrected chi connectivity index (χ4v) is 1.28. The van der Waals surface area contributed by atoms with Gasteiger partial charge in [0.25, 0.3) is 0 Å². The number of carbonyl (C=O) groups is 1. The fraction of sp³-hybridized carbons (Fsp3) is 0.455. The summed E-state index contributed by atoms with van der Waals surface area (Å²) in [5, 5.41) is 4.30. The molecule has 1 aromatic heterocycles. The number of nitrogens with zero attached hydrogens (tertiary/aromatic N) is 2. The van der Waals surface area contributed by atoms with Crippen LogP contribution in [0.4, 0.5) is 0 Å². The number of aromatic nitrogens is 2. The lowest BCUT2D eigenvalue weighted by atomic mass is 10.1. The van der Waals surface area contributed by atoms with Gasteiger partial charge >= 0.3 is 0 Å². The minimum absolute atomic E-state index is 0.107. The molecule has 14 heavy (non-hydrogen) atoms. The summed E-state index contributed by atoms with van der Waals surface area (Å²) in [6, 6.07) is 0. The molecule has 0 saturated carbocycles. The highest BCUT2D eigenvalue weighted by Gasteiger charge is 2.04. The maximum Gasteiger partial charge on any atom is 0.155 e. The van der Waals surface area contributed by atoms with Crippen LogP contribution in [0.25, 0.3) is 6.08 Å². The molecule has 0 amide bonds. The first-order valence-corrected chi connectivity index (χ1v) is 4.76. The Kier molecular flexibility index (Phi) is 3.23. The van der Waals surface area contributed by atoms with Crippen LogP contribution in [-0.4, -0.2) is 15.6 Å². The first kappa shape index (κ1) is 10.7. The lowest BCUT2D eigenvalue weighted by molar-refractivity contribution is -0.113. The van der Waals surface area contributed by atoms with Crippen LogP contribution in [0, 0.1) is 0 Å². The van der Waals surface area contributed by atoms with Crippen molar-refractivity contribution in [3.63, 3.8) is 0 Å². The largest absolute Gasteiger partial charge is 0.295 e. The second-order valence-corrected chi connectivity index (χ2v) is 3.44. The summed E-state index contributed by atoms with van der Waals surface area (Å²) in [5.74, 6) is 0.107. The van der Waals surface area contributed by atoms with Gasteiger partial charge in [0.05, 0.1) is 5.69 Å². The van der Waals surface area contributed by atoms with Gasteiger partial charge in [0.1, 0.15) is 0 Å². The number of rotatable bonds is 3. The summed E-state index contributed by atoms with van der Waals surface area (Å²) in [5.41, 5.74) is 2.85. The van der Waals surface area contributed by atoms with E-state index >= 15 is 0 Å². The molecule has 0 aliphatic carbocycles. The number of aryl methyl sites for hydroxylation is 2. The Labute approximate surface area is 84.4 Å². The Hall–Kier alpha value is -1.38. The number of carbonyl (C=O) groups excluding carboxylic acids is 1. The second-order valence-electron chi connectivity index (χ2n) is 3.44. The molecule has 1 heterocycles. The predicted octanol–water partition coefficient (Wildman–Crippen LogP) is 1.97. The average Bonchev–Trinajstić information content (AvgIpc) is 2.45. The third kappa shape index (κ3) is 2.31. The molecule has 0 spiro atoms. The van der Waals surface area contributed by atoms with Crippen LogP contribution in [-0.2, 0) is 18.3 Å². The van der Waals surface area contributed by atoms with Crippen LogP contribution in [0.2, 0.25) is 0 Å². The van der Waals surface area contributed by atoms with Gasteiger partial charge in [0, 0.05) is 18.8 Å². The molecule has 76 valence electrons. The van der Waals surface area contributed by atoms with Crippen molar-refractivity contribution in [2.75, 3.05) is 0 Å². The Morgan fingerprint density at radius 3 is 2.71 bits per heavy atom. The molecule has 0 fully saturated rings. The van der Waals surface area contributed by atoms with E-state index in [2.05, 4.69) is 12.0 Å². The van der Waals surface area contributed by atoms with Gasteiger partial charge in [-0.25, -0.2) is 0 Å². The summed E-state index contributed by atoms with van der Waals surface area (Å²) in [6.07, 6.45) is 4.72. The monoisotopic (exact) mass is 192 g/mol. The van der Waals surface area contributed by atoms with E-state index in [1.807, 2.05) is 26.2 Å². The molecule has 0 radical (unpaired) electrons. The standard InChI is InChI=1S/C11H16N2O/c1-5-11-10(7-13(4)12-11)6-8(2)9(3)14/h6-7H,5H2,1-4H3/b8-6-. The van der Waals surface area contributed by atoms with Crippen LogP contribution in [0.1, 0.15) is 32.0 Å². The molecule has 0 unspecified atom stereocenters. The number of hydrogen-bond donors (Lipinski definition) is 0. The van der Waals surface area contributed by atoms with Crippen LogP contribution >= 0.6 is 0 Å². The molecule has 0 N–H and O–H groups in total. The molecule has 0 aliphatic rings. The second kappa shape index (κ2) is 4.22. The molecular weight excluding hydrogens is 176 g/mol. The molecule has 0 saturated heterocycles. The summed E-state index contributed by atoms with van der Waals surface area (Å²) in [6.45, 7) is 5.46. The summed E-state index contributed by atoms with van der Waals surface area (Å²) >= 11 is 0. The third-order valence-electron chi connectivity index (χ3n) is 2.20. The van der Waals surface area contributed by atoms with E-state index in [0.29, 0.717) is 0 Å². The van der Waals surface area contributed by atoms with E-state index in [9.17, 15) is 4.79 Å². The molecule has 0 bridgehead atoms. The fourth-order valence-electron chi connectivity index (χ4n) is 1.28. The third-order valence-corrected chi connectivity index (χ3v) is 2.20. The van der Waals surface area contributed by atoms with Crippen molar-refractivity contribution in [3.05, 3.63) is 23.0 Å². The highest BCUT2D eigenvalue weighted by molar-refractivity contribution is 5.97. The highest BCUT2D eigenvalue weighted by atomic mass is 16.1. The van der Waals surface area contributed by atoms with Crippen molar-refractivity contribution in [1.82, 2.24) is 9.78 Å². The quantitative estimate of drug-likeness (QED) is 0.686. The zero-order valence-electron chi connectivity index (χ0n) is 9.16. The van der Waals surface area contributed by atoms with Crippen molar-refractivity contribution in [1.29, 1.82) is 0 Å². The molecule has 1 aromatic rings. The van der Waals surface area contributed by atoms with Crippen LogP contribution in [0.3, 0.4) is 0 Å². The molecule has 0 aromatic carbocycles. The van der Waals surface area contributed by atoms with Crippen LogP contribution in [0.15, 0.2) is 11.8 Å². The van der Waals surface area contributed by atoms with Crippen molar-refractivity contribution in [3.8, 4) is 0 Å². The highest BCUT2D eigenvalue weighted by Crippen LogP contribution is 2.12. The Morgan fingerprint density at radius 1 is 1.57 bits per heavy atom. The molecule has 3 nitrogen and oxygen atoms in total. The summed E-state index contributed by atoms with van der Waals surface area (Å²) in [7, 11) is 1.89. The number of hydrogen-bond acceptors (Lipinski definition) is 2. The molecular formula is C11H16N2O. The smallest absolute Gasteiger partial charge is 0.155 e. The minimum atomic E-state index is 0.107. The van der Waals surface area contributed by atoms with E-state index in [-0.39, 0.29) is 5.78 Å². The Bertz CT molecular complexity index is 375. The first-order valence-electron chi connectivity index (χ1n) is 4.76. The van der Waals surface area contributed by atoms with Crippen LogP contribution < -0.4 is 0 Å². The SMILES string of the molecule is CCc1nn(C)cc1/C=C(/C)C(C)=O. The maximum absolute atomic E-state index is 11.1. The molecule has 0 atom stereocenters. The number of ketones is 1. The van der Waals surface area contributed by atoms with Gasteiger partial charge in [-0.15, -0.1) is 0 Å². The van der Waals surface area contributed by atoms with Crippen molar-refractivity contribution in [2.45, 2.75) is 27.2 Å². The average molecular weight is 192 g/mol. The number of allylic oxidation sites excluding steroid dienone is 1. The lowest BCUT2D eigenvalue weighted by Crippen LogP contribution is -1.92. The van der Waals surface area contributed by atoms with Gasteiger partial charge in [-0.1, -0.05) is 6.92 Å². The van der Waals surface area contributed by atoms with Gasteiger partial charge in [0.2, 0.25) is 0 Å². The van der Waals surface area contributed by atoms with Gasteiger partial charge in [-0.2, -0.15) is 5.10 Å². The van der Waals surface area contributed by atoms with Crippen molar-refractivity contribution >= 4 is 11.9 Å². The Morgan fingerprint density at radius 2 is 2.21 bits per heavy atom. The molecule has 3 heteroatoms. The molecule has 0 aliphatic heterocycles. The summed E-state index contributed by atoms with van der Waals surface area (Å²) < 4.78 is 1.78. The number of Topliss-reactive ketones (excluding diaryl/α,β-unsaturated/α-hetero) is 1. The lowest BCUT2D eigenvalue weighted by Gasteiger charge is -1.94. The topological polar surface area (TPSA) is 34.9 Å².